The van der Waals surface area contributed by atoms with Gasteiger partial charge in [0.2, 0.25) is 0 Å². The largest absolute Gasteiger partial charge is 0.463 e. The molecule has 27 heavy (non-hydrogen) atoms. The van der Waals surface area contributed by atoms with E-state index in [1.807, 2.05) is 55.3 Å². The molecular formula is C20H16N6O. The summed E-state index contributed by atoms with van der Waals surface area (Å²) in [5.41, 5.74) is 6.25. The number of H-pyrrole nitrogens is 1. The third-order valence-electron chi connectivity index (χ3n) is 4.78. The molecule has 0 bridgehead atoms. The first-order valence-corrected chi connectivity index (χ1v) is 8.55. The third kappa shape index (κ3) is 2.43. The van der Waals surface area contributed by atoms with Crippen LogP contribution in [0.15, 0.2) is 59.6 Å². The summed E-state index contributed by atoms with van der Waals surface area (Å²) >= 11 is 0. The van der Waals surface area contributed by atoms with Gasteiger partial charge in [-0.1, -0.05) is 6.07 Å². The van der Waals surface area contributed by atoms with E-state index in [-0.39, 0.29) is 0 Å². The lowest BCUT2D eigenvalue weighted by Crippen LogP contribution is -1.94. The summed E-state index contributed by atoms with van der Waals surface area (Å²) in [4.78, 5) is 9.06. The second-order valence-corrected chi connectivity index (χ2v) is 6.34. The van der Waals surface area contributed by atoms with Crippen molar-refractivity contribution in [2.24, 2.45) is 7.05 Å². The van der Waals surface area contributed by atoms with E-state index in [0.717, 1.165) is 44.9 Å². The maximum absolute atomic E-state index is 5.59. The summed E-state index contributed by atoms with van der Waals surface area (Å²) in [6.45, 7) is 2.02. The van der Waals surface area contributed by atoms with Gasteiger partial charge < -0.3 is 4.42 Å². The average molecular weight is 356 g/mol. The molecule has 7 nitrogen and oxygen atoms in total. The standard InChI is InChI=1S/C20H16N6O/c1-12-15(11-22-26(12)2)16-9-14(13-5-3-7-21-10-13)18-19(17-6-4-8-27-17)24-25-20(18)23-16/h3-11H,1-2H3,(H,23,24,25). The molecule has 5 rings (SSSR count). The minimum atomic E-state index is 0.626. The molecule has 132 valence electrons. The van der Waals surface area contributed by atoms with Gasteiger partial charge in [0.25, 0.3) is 0 Å². The third-order valence-corrected chi connectivity index (χ3v) is 4.78. The van der Waals surface area contributed by atoms with Gasteiger partial charge >= 0.3 is 0 Å². The lowest BCUT2D eigenvalue weighted by atomic mass is 10.00. The van der Waals surface area contributed by atoms with Crippen molar-refractivity contribution in [2.75, 3.05) is 0 Å². The van der Waals surface area contributed by atoms with Gasteiger partial charge in [-0.2, -0.15) is 10.2 Å². The van der Waals surface area contributed by atoms with Crippen LogP contribution in [0.4, 0.5) is 0 Å². The van der Waals surface area contributed by atoms with Gasteiger partial charge in [-0.3, -0.25) is 14.8 Å². The van der Waals surface area contributed by atoms with Crippen LogP contribution in [0, 0.1) is 6.92 Å². The molecule has 0 aliphatic heterocycles. The van der Waals surface area contributed by atoms with Crippen molar-refractivity contribution >= 4 is 11.0 Å². The Morgan fingerprint density at radius 3 is 2.74 bits per heavy atom. The molecule has 5 heterocycles. The average Bonchev–Trinajstić information content (AvgIpc) is 3.43. The number of nitrogens with one attached hydrogen (secondary N) is 1. The second kappa shape index (κ2) is 5.91. The molecule has 0 amide bonds. The maximum atomic E-state index is 5.59. The number of fused-ring (bicyclic) bond motifs is 1. The van der Waals surface area contributed by atoms with Gasteiger partial charge in [0.1, 0.15) is 5.69 Å². The van der Waals surface area contributed by atoms with E-state index in [0.29, 0.717) is 5.65 Å². The summed E-state index contributed by atoms with van der Waals surface area (Å²) in [6.07, 6.45) is 7.08. The Bertz CT molecular complexity index is 1230. The van der Waals surface area contributed by atoms with Crippen molar-refractivity contribution in [3.63, 3.8) is 0 Å². The lowest BCUT2D eigenvalue weighted by Gasteiger charge is -2.08. The molecule has 0 unspecified atom stereocenters. The highest BCUT2D eigenvalue weighted by atomic mass is 16.3. The zero-order valence-electron chi connectivity index (χ0n) is 14.8. The van der Waals surface area contributed by atoms with E-state index < -0.39 is 0 Å². The molecule has 0 aliphatic carbocycles. The highest BCUT2D eigenvalue weighted by Crippen LogP contribution is 2.37. The number of pyridine rings is 2. The van der Waals surface area contributed by atoms with Crippen LogP contribution in [0.3, 0.4) is 0 Å². The summed E-state index contributed by atoms with van der Waals surface area (Å²) in [6, 6.07) is 9.76. The predicted molar refractivity (Wildman–Crippen MR) is 102 cm³/mol. The van der Waals surface area contributed by atoms with Gasteiger partial charge in [0.05, 0.1) is 23.5 Å². The molecule has 0 atom stereocenters. The normalized spacial score (nSPS) is 11.3. The highest BCUT2D eigenvalue weighted by molar-refractivity contribution is 6.02. The number of furan rings is 1. The number of aromatic amines is 1. The Labute approximate surface area is 154 Å². The Kier molecular flexibility index (Phi) is 3.39. The van der Waals surface area contributed by atoms with Gasteiger partial charge in [0, 0.05) is 36.3 Å². The number of hydrogen-bond acceptors (Lipinski definition) is 5. The quantitative estimate of drug-likeness (QED) is 0.528. The number of aromatic nitrogens is 6. The summed E-state index contributed by atoms with van der Waals surface area (Å²) < 4.78 is 7.42. The van der Waals surface area contributed by atoms with Crippen LogP contribution in [0.2, 0.25) is 0 Å². The van der Waals surface area contributed by atoms with Crippen LogP contribution in [-0.2, 0) is 7.05 Å². The van der Waals surface area contributed by atoms with Gasteiger partial charge in [-0.25, -0.2) is 4.98 Å². The second-order valence-electron chi connectivity index (χ2n) is 6.34. The molecular weight excluding hydrogens is 340 g/mol. The number of hydrogen-bond donors (Lipinski definition) is 1. The molecule has 0 spiro atoms. The van der Waals surface area contributed by atoms with Crippen LogP contribution in [0.5, 0.6) is 0 Å². The van der Waals surface area contributed by atoms with E-state index in [2.05, 4.69) is 26.3 Å². The van der Waals surface area contributed by atoms with Crippen LogP contribution >= 0.6 is 0 Å². The van der Waals surface area contributed by atoms with Gasteiger partial charge in [-0.05, 0) is 36.8 Å². The number of nitrogens with zero attached hydrogens (tertiary/aromatic N) is 5. The fourth-order valence-corrected chi connectivity index (χ4v) is 3.26. The fraction of sp³-hybridized carbons (Fsp3) is 0.100. The van der Waals surface area contributed by atoms with Crippen LogP contribution < -0.4 is 0 Å². The first-order valence-electron chi connectivity index (χ1n) is 8.55. The molecule has 0 aliphatic rings. The first-order chi connectivity index (χ1) is 13.2. The SMILES string of the molecule is Cc1c(-c2cc(-c3cccnc3)c3c(-c4ccco4)[nH]nc3n2)cnn1C. The van der Waals surface area contributed by atoms with Crippen molar-refractivity contribution in [1.82, 2.24) is 29.9 Å². The Hall–Kier alpha value is -3.74. The topological polar surface area (TPSA) is 85.4 Å². The van der Waals surface area contributed by atoms with Crippen molar-refractivity contribution in [1.29, 1.82) is 0 Å². The summed E-state index contributed by atoms with van der Waals surface area (Å²) in [5.74, 6) is 0.717. The summed E-state index contributed by atoms with van der Waals surface area (Å²) in [5, 5.41) is 12.8. The molecule has 5 aromatic heterocycles. The molecule has 0 saturated heterocycles. The lowest BCUT2D eigenvalue weighted by molar-refractivity contribution is 0.580. The van der Waals surface area contributed by atoms with E-state index >= 15 is 0 Å². The van der Waals surface area contributed by atoms with Crippen LogP contribution in [0.1, 0.15) is 5.69 Å². The van der Waals surface area contributed by atoms with Crippen LogP contribution in [-0.4, -0.2) is 29.9 Å². The molecule has 0 radical (unpaired) electrons. The molecule has 1 N–H and O–H groups in total. The van der Waals surface area contributed by atoms with Crippen molar-refractivity contribution < 1.29 is 4.42 Å². The van der Waals surface area contributed by atoms with E-state index in [1.54, 1.807) is 12.5 Å². The maximum Gasteiger partial charge on any atom is 0.182 e. The van der Waals surface area contributed by atoms with Gasteiger partial charge in [0.15, 0.2) is 11.4 Å². The highest BCUT2D eigenvalue weighted by Gasteiger charge is 2.19. The van der Waals surface area contributed by atoms with Crippen molar-refractivity contribution in [3.05, 3.63) is 60.9 Å². The van der Waals surface area contributed by atoms with Crippen molar-refractivity contribution in [2.45, 2.75) is 6.92 Å². The van der Waals surface area contributed by atoms with Gasteiger partial charge in [-0.15, -0.1) is 0 Å². The molecule has 7 heteroatoms. The first kappa shape index (κ1) is 15.5. The van der Waals surface area contributed by atoms with E-state index in [4.69, 9.17) is 9.40 Å². The molecule has 5 aromatic rings. The Balaban J connectivity index is 1.84. The Morgan fingerprint density at radius 2 is 2.04 bits per heavy atom. The van der Waals surface area contributed by atoms with Crippen molar-refractivity contribution in [3.8, 4) is 33.8 Å². The molecule has 0 saturated carbocycles. The fourth-order valence-electron chi connectivity index (χ4n) is 3.26. The minimum Gasteiger partial charge on any atom is -0.463 e. The van der Waals surface area contributed by atoms with Crippen LogP contribution in [0.25, 0.3) is 44.9 Å². The zero-order chi connectivity index (χ0) is 18.4. The molecule has 0 aromatic carbocycles. The minimum absolute atomic E-state index is 0.626. The number of aryl methyl sites for hydroxylation is 1. The van der Waals surface area contributed by atoms with E-state index in [9.17, 15) is 0 Å². The zero-order valence-corrected chi connectivity index (χ0v) is 14.8. The Morgan fingerprint density at radius 1 is 1.11 bits per heavy atom. The predicted octanol–water partition coefficient (Wildman–Crippen LogP) is 3.99. The smallest absolute Gasteiger partial charge is 0.182 e. The monoisotopic (exact) mass is 356 g/mol. The van der Waals surface area contributed by atoms with E-state index in [1.165, 1.54) is 0 Å². The number of rotatable bonds is 3. The molecule has 0 fully saturated rings. The summed E-state index contributed by atoms with van der Waals surface area (Å²) in [7, 11) is 1.92.